The maximum atomic E-state index is 12.3. The molecule has 0 spiro atoms. The van der Waals surface area contributed by atoms with Gasteiger partial charge < -0.3 is 4.74 Å². The van der Waals surface area contributed by atoms with Crippen LogP contribution in [-0.2, 0) is 6.54 Å². The normalized spacial score (nSPS) is 10.3. The number of hydrogen-bond donors (Lipinski definition) is 0. The highest BCUT2D eigenvalue weighted by atomic mass is 16.6. The van der Waals surface area contributed by atoms with Crippen molar-refractivity contribution in [1.82, 2.24) is 4.57 Å². The Morgan fingerprint density at radius 1 is 1.32 bits per heavy atom. The van der Waals surface area contributed by atoms with Gasteiger partial charge in [-0.1, -0.05) is 12.1 Å². The van der Waals surface area contributed by atoms with Gasteiger partial charge in [-0.2, -0.15) is 0 Å². The summed E-state index contributed by atoms with van der Waals surface area (Å²) in [6.07, 6.45) is 0. The predicted molar refractivity (Wildman–Crippen MR) is 79.4 cm³/mol. The van der Waals surface area contributed by atoms with Crippen molar-refractivity contribution < 1.29 is 14.5 Å². The van der Waals surface area contributed by atoms with Gasteiger partial charge in [0.05, 0.1) is 18.6 Å². The lowest BCUT2D eigenvalue weighted by molar-refractivity contribution is -0.386. The van der Waals surface area contributed by atoms with Gasteiger partial charge in [0.1, 0.15) is 5.75 Å². The van der Waals surface area contributed by atoms with Crippen molar-refractivity contribution in [3.8, 4) is 5.75 Å². The van der Waals surface area contributed by atoms with Crippen molar-refractivity contribution in [1.29, 1.82) is 0 Å². The third-order valence-corrected chi connectivity index (χ3v) is 3.26. The zero-order valence-electron chi connectivity index (χ0n) is 12.1. The molecule has 0 atom stereocenters. The molecule has 2 aromatic rings. The zero-order chi connectivity index (χ0) is 16.3. The van der Waals surface area contributed by atoms with E-state index in [1.165, 1.54) is 13.2 Å². The van der Waals surface area contributed by atoms with Crippen molar-refractivity contribution in [2.75, 3.05) is 7.11 Å². The van der Waals surface area contributed by atoms with Crippen LogP contribution >= 0.6 is 0 Å². The number of rotatable bonds is 5. The van der Waals surface area contributed by atoms with Crippen LogP contribution < -0.4 is 10.3 Å². The number of ketones is 1. The minimum Gasteiger partial charge on any atom is -0.497 e. The van der Waals surface area contributed by atoms with Gasteiger partial charge >= 0.3 is 11.2 Å². The molecule has 0 saturated carbocycles. The number of methoxy groups -OCH3 is 1. The fourth-order valence-electron chi connectivity index (χ4n) is 2.03. The van der Waals surface area contributed by atoms with Crippen LogP contribution in [0.15, 0.2) is 41.2 Å². The van der Waals surface area contributed by atoms with Crippen LogP contribution in [0.2, 0.25) is 0 Å². The number of ether oxygens (including phenoxy) is 1. The number of pyridine rings is 1. The van der Waals surface area contributed by atoms with E-state index in [1.54, 1.807) is 31.2 Å². The Bertz CT molecular complexity index is 795. The van der Waals surface area contributed by atoms with E-state index in [2.05, 4.69) is 0 Å². The standard InChI is InChI=1S/C15H14N2O5/c1-10-6-7-13(17(20)21)15(19)16(10)9-14(18)11-4-3-5-12(8-11)22-2/h3-8H,9H2,1-2H3. The van der Waals surface area contributed by atoms with E-state index in [9.17, 15) is 19.7 Å². The molecular weight excluding hydrogens is 288 g/mol. The topological polar surface area (TPSA) is 91.4 Å². The second-order valence-corrected chi connectivity index (χ2v) is 4.66. The number of hydrogen-bond acceptors (Lipinski definition) is 5. The molecule has 22 heavy (non-hydrogen) atoms. The molecule has 0 saturated heterocycles. The van der Waals surface area contributed by atoms with Gasteiger partial charge in [0, 0.05) is 17.3 Å². The number of carbonyl (C=O) groups excluding carboxylic acids is 1. The van der Waals surface area contributed by atoms with Gasteiger partial charge in [-0.05, 0) is 25.1 Å². The minimum absolute atomic E-state index is 0.264. The summed E-state index contributed by atoms with van der Waals surface area (Å²) in [5, 5.41) is 10.8. The Morgan fingerprint density at radius 2 is 2.05 bits per heavy atom. The zero-order valence-corrected chi connectivity index (χ0v) is 12.1. The maximum Gasteiger partial charge on any atom is 0.334 e. The Balaban J connectivity index is 2.38. The molecule has 7 heteroatoms. The number of nitro groups is 1. The molecule has 1 aromatic heterocycles. The summed E-state index contributed by atoms with van der Waals surface area (Å²) in [6, 6.07) is 9.10. The summed E-state index contributed by atoms with van der Waals surface area (Å²) in [5.41, 5.74) is -0.491. The fraction of sp³-hybridized carbons (Fsp3) is 0.200. The van der Waals surface area contributed by atoms with E-state index < -0.39 is 16.2 Å². The van der Waals surface area contributed by atoms with Gasteiger partial charge in [-0.3, -0.25) is 24.3 Å². The van der Waals surface area contributed by atoms with E-state index in [0.29, 0.717) is 17.0 Å². The third kappa shape index (κ3) is 3.03. The molecule has 1 heterocycles. The van der Waals surface area contributed by atoms with Crippen molar-refractivity contribution in [2.24, 2.45) is 0 Å². The first-order valence-electron chi connectivity index (χ1n) is 6.46. The second-order valence-electron chi connectivity index (χ2n) is 4.66. The highest BCUT2D eigenvalue weighted by Crippen LogP contribution is 2.14. The molecular formula is C15H14N2O5. The number of carbonyl (C=O) groups is 1. The van der Waals surface area contributed by atoms with Gasteiger partial charge in [-0.15, -0.1) is 0 Å². The van der Waals surface area contributed by atoms with Gasteiger partial charge in [-0.25, -0.2) is 0 Å². The number of benzene rings is 1. The van der Waals surface area contributed by atoms with Crippen LogP contribution in [0.5, 0.6) is 5.75 Å². The van der Waals surface area contributed by atoms with Crippen LogP contribution in [0, 0.1) is 17.0 Å². The summed E-state index contributed by atoms with van der Waals surface area (Å²) in [5.74, 6) is 0.193. The Labute approximate surface area is 125 Å². The predicted octanol–water partition coefficient (Wildman–Crippen LogP) is 1.96. The Morgan fingerprint density at radius 3 is 2.68 bits per heavy atom. The molecule has 0 fully saturated rings. The molecule has 7 nitrogen and oxygen atoms in total. The smallest absolute Gasteiger partial charge is 0.334 e. The first kappa shape index (κ1) is 15.4. The molecule has 0 radical (unpaired) electrons. The molecule has 0 unspecified atom stereocenters. The van der Waals surface area contributed by atoms with E-state index in [-0.39, 0.29) is 12.3 Å². The highest BCUT2D eigenvalue weighted by Gasteiger charge is 2.18. The van der Waals surface area contributed by atoms with Crippen LogP contribution in [0.1, 0.15) is 16.1 Å². The first-order chi connectivity index (χ1) is 10.4. The summed E-state index contributed by atoms with van der Waals surface area (Å²) in [4.78, 5) is 34.4. The van der Waals surface area contributed by atoms with Crippen molar-refractivity contribution in [2.45, 2.75) is 13.5 Å². The summed E-state index contributed by atoms with van der Waals surface area (Å²) in [6.45, 7) is 1.35. The second kappa shape index (κ2) is 6.21. The first-order valence-corrected chi connectivity index (χ1v) is 6.46. The van der Waals surface area contributed by atoms with Crippen LogP contribution in [0.4, 0.5) is 5.69 Å². The Kier molecular flexibility index (Phi) is 4.36. The SMILES string of the molecule is COc1cccc(C(=O)Cn2c(C)ccc([N+](=O)[O-])c2=O)c1. The quantitative estimate of drug-likeness (QED) is 0.478. The molecule has 2 rings (SSSR count). The summed E-state index contributed by atoms with van der Waals surface area (Å²) >= 11 is 0. The fourth-order valence-corrected chi connectivity index (χ4v) is 2.03. The molecule has 0 aliphatic rings. The van der Waals surface area contributed by atoms with Crippen LogP contribution in [0.25, 0.3) is 0 Å². The van der Waals surface area contributed by atoms with Gasteiger partial charge in [0.15, 0.2) is 5.78 Å². The molecule has 0 aliphatic carbocycles. The van der Waals surface area contributed by atoms with Crippen molar-refractivity contribution in [3.63, 3.8) is 0 Å². The molecule has 0 amide bonds. The largest absolute Gasteiger partial charge is 0.497 e. The molecule has 0 bridgehead atoms. The van der Waals surface area contributed by atoms with E-state index in [1.807, 2.05) is 0 Å². The number of Topliss-reactive ketones (excluding diaryl/α,β-unsaturated/α-hetero) is 1. The number of nitrogens with zero attached hydrogens (tertiary/aromatic N) is 2. The lowest BCUT2D eigenvalue weighted by Gasteiger charge is -2.09. The maximum absolute atomic E-state index is 12.3. The molecule has 114 valence electrons. The van der Waals surface area contributed by atoms with E-state index >= 15 is 0 Å². The molecule has 1 aromatic carbocycles. The minimum atomic E-state index is -0.791. The summed E-state index contributed by atoms with van der Waals surface area (Å²) in [7, 11) is 1.48. The average molecular weight is 302 g/mol. The Hall–Kier alpha value is -2.96. The van der Waals surface area contributed by atoms with Gasteiger partial charge in [0.2, 0.25) is 0 Å². The van der Waals surface area contributed by atoms with Crippen LogP contribution in [0.3, 0.4) is 0 Å². The van der Waals surface area contributed by atoms with Crippen molar-refractivity contribution >= 4 is 11.5 Å². The monoisotopic (exact) mass is 302 g/mol. The van der Waals surface area contributed by atoms with Gasteiger partial charge in [0.25, 0.3) is 0 Å². The average Bonchev–Trinajstić information content (AvgIpc) is 2.50. The number of aryl methyl sites for hydroxylation is 1. The highest BCUT2D eigenvalue weighted by molar-refractivity contribution is 5.96. The molecule has 0 aliphatic heterocycles. The van der Waals surface area contributed by atoms with E-state index in [0.717, 1.165) is 10.6 Å². The lowest BCUT2D eigenvalue weighted by atomic mass is 10.1. The lowest BCUT2D eigenvalue weighted by Crippen LogP contribution is -2.27. The summed E-state index contributed by atoms with van der Waals surface area (Å²) < 4.78 is 6.14. The molecule has 0 N–H and O–H groups in total. The van der Waals surface area contributed by atoms with Crippen LogP contribution in [-0.4, -0.2) is 22.4 Å². The third-order valence-electron chi connectivity index (χ3n) is 3.26. The van der Waals surface area contributed by atoms with Crippen molar-refractivity contribution in [3.05, 3.63) is 68.1 Å². The number of aromatic nitrogens is 1. The van der Waals surface area contributed by atoms with E-state index in [4.69, 9.17) is 4.74 Å².